The van der Waals surface area contributed by atoms with Crippen LogP contribution in [0.25, 0.3) is 27.8 Å². The van der Waals surface area contributed by atoms with E-state index < -0.39 is 4.75 Å². The molecule has 0 N–H and O–H groups in total. The first-order valence-electron chi connectivity index (χ1n) is 10.3. The third-order valence-corrected chi connectivity index (χ3v) is 6.21. The van der Waals surface area contributed by atoms with Gasteiger partial charge < -0.3 is 9.30 Å². The Morgan fingerprint density at radius 3 is 2.58 bits per heavy atom. The smallest absolute Gasteiger partial charge is 0.322 e. The highest BCUT2D eigenvalue weighted by atomic mass is 32.2. The standard InChI is InChI=1S/C25H25N3O2S/c1-5-30-24(29)25(3,4)31-23-21-20(18-11-7-6-8-12-18)15-28(22(21)26-16-27-23)19-13-9-10-17(2)14-19/h6-16H,5H2,1-4H3. The molecule has 0 fully saturated rings. The summed E-state index contributed by atoms with van der Waals surface area (Å²) in [6.07, 6.45) is 3.66. The van der Waals surface area contributed by atoms with Crippen LogP contribution in [0, 0.1) is 6.92 Å². The fourth-order valence-electron chi connectivity index (χ4n) is 3.51. The van der Waals surface area contributed by atoms with Gasteiger partial charge in [-0.25, -0.2) is 9.97 Å². The van der Waals surface area contributed by atoms with Gasteiger partial charge in [0.05, 0.1) is 12.0 Å². The molecule has 0 unspecified atom stereocenters. The average Bonchev–Trinajstić information content (AvgIpc) is 3.15. The van der Waals surface area contributed by atoms with Gasteiger partial charge >= 0.3 is 5.97 Å². The zero-order valence-electron chi connectivity index (χ0n) is 18.1. The first kappa shape index (κ1) is 21.1. The topological polar surface area (TPSA) is 57.0 Å². The minimum Gasteiger partial charge on any atom is -0.465 e. The Morgan fingerprint density at radius 1 is 1.10 bits per heavy atom. The summed E-state index contributed by atoms with van der Waals surface area (Å²) in [5, 5.41) is 1.69. The van der Waals surface area contributed by atoms with Crippen molar-refractivity contribution in [1.82, 2.24) is 14.5 Å². The van der Waals surface area contributed by atoms with E-state index in [1.54, 1.807) is 6.33 Å². The summed E-state index contributed by atoms with van der Waals surface area (Å²) in [6, 6.07) is 18.5. The molecule has 158 valence electrons. The van der Waals surface area contributed by atoms with Crippen LogP contribution in [0.15, 0.2) is 72.1 Å². The SMILES string of the molecule is CCOC(=O)C(C)(C)Sc1ncnc2c1c(-c1ccccc1)cn2-c1cccc(C)c1. The number of carbonyl (C=O) groups excluding carboxylic acids is 1. The Bertz CT molecular complexity index is 1230. The molecule has 0 spiro atoms. The fraction of sp³-hybridized carbons (Fsp3) is 0.240. The van der Waals surface area contributed by atoms with Gasteiger partial charge in [-0.05, 0) is 51.0 Å². The summed E-state index contributed by atoms with van der Waals surface area (Å²) in [7, 11) is 0. The second kappa shape index (κ2) is 8.55. The van der Waals surface area contributed by atoms with Crippen molar-refractivity contribution >= 4 is 28.8 Å². The number of rotatable bonds is 6. The van der Waals surface area contributed by atoms with E-state index in [0.717, 1.165) is 32.9 Å². The normalized spacial score (nSPS) is 11.6. The molecule has 0 radical (unpaired) electrons. The van der Waals surface area contributed by atoms with Gasteiger partial charge in [0.15, 0.2) is 0 Å². The van der Waals surface area contributed by atoms with Crippen LogP contribution in [-0.2, 0) is 9.53 Å². The predicted molar refractivity (Wildman–Crippen MR) is 126 cm³/mol. The molecule has 0 saturated carbocycles. The molecule has 5 nitrogen and oxygen atoms in total. The van der Waals surface area contributed by atoms with E-state index in [4.69, 9.17) is 4.74 Å². The van der Waals surface area contributed by atoms with Crippen LogP contribution in [-0.4, -0.2) is 31.9 Å². The molecular weight excluding hydrogens is 406 g/mol. The van der Waals surface area contributed by atoms with Gasteiger partial charge in [0.1, 0.15) is 21.7 Å². The lowest BCUT2D eigenvalue weighted by molar-refractivity contribution is -0.145. The molecule has 31 heavy (non-hydrogen) atoms. The maximum Gasteiger partial charge on any atom is 0.322 e. The molecule has 2 aromatic heterocycles. The van der Waals surface area contributed by atoms with Gasteiger partial charge in [-0.2, -0.15) is 0 Å². The maximum atomic E-state index is 12.5. The van der Waals surface area contributed by atoms with Crippen LogP contribution in [0.2, 0.25) is 0 Å². The number of esters is 1. The second-order valence-electron chi connectivity index (χ2n) is 7.83. The maximum absolute atomic E-state index is 12.5. The average molecular weight is 432 g/mol. The molecule has 6 heteroatoms. The Labute approximate surface area is 186 Å². The predicted octanol–water partition coefficient (Wildman–Crippen LogP) is 5.83. The summed E-state index contributed by atoms with van der Waals surface area (Å²) in [5.74, 6) is -0.258. The molecule has 0 atom stereocenters. The lowest BCUT2D eigenvalue weighted by atomic mass is 10.1. The van der Waals surface area contributed by atoms with E-state index in [9.17, 15) is 4.79 Å². The van der Waals surface area contributed by atoms with E-state index in [1.807, 2.05) is 45.0 Å². The van der Waals surface area contributed by atoms with Gasteiger partial charge in [0.25, 0.3) is 0 Å². The molecule has 2 heterocycles. The first-order valence-corrected chi connectivity index (χ1v) is 11.1. The molecular formula is C25H25N3O2S. The molecule has 0 aliphatic carbocycles. The number of benzene rings is 2. The second-order valence-corrected chi connectivity index (χ2v) is 9.44. The van der Waals surface area contributed by atoms with E-state index in [1.165, 1.54) is 17.3 Å². The van der Waals surface area contributed by atoms with Crippen LogP contribution in [0.1, 0.15) is 26.3 Å². The number of ether oxygens (including phenoxy) is 1. The van der Waals surface area contributed by atoms with Crippen LogP contribution in [0.5, 0.6) is 0 Å². The summed E-state index contributed by atoms with van der Waals surface area (Å²) in [4.78, 5) is 21.7. The number of hydrogen-bond acceptors (Lipinski definition) is 5. The van der Waals surface area contributed by atoms with Crippen molar-refractivity contribution in [3.05, 3.63) is 72.7 Å². The van der Waals surface area contributed by atoms with Gasteiger partial charge in [0, 0.05) is 17.4 Å². The monoisotopic (exact) mass is 431 g/mol. The van der Waals surface area contributed by atoms with Gasteiger partial charge in [-0.1, -0.05) is 54.2 Å². The lowest BCUT2D eigenvalue weighted by Gasteiger charge is -2.21. The molecule has 4 aromatic rings. The van der Waals surface area contributed by atoms with Crippen LogP contribution < -0.4 is 0 Å². The van der Waals surface area contributed by atoms with Gasteiger partial charge in [-0.3, -0.25) is 4.79 Å². The quantitative estimate of drug-likeness (QED) is 0.218. The number of aromatic nitrogens is 3. The summed E-state index contributed by atoms with van der Waals surface area (Å²) >= 11 is 1.40. The number of nitrogens with zero attached hydrogens (tertiary/aromatic N) is 3. The molecule has 4 rings (SSSR count). The van der Waals surface area contributed by atoms with E-state index >= 15 is 0 Å². The largest absolute Gasteiger partial charge is 0.465 e. The highest BCUT2D eigenvalue weighted by Crippen LogP contribution is 2.41. The summed E-state index contributed by atoms with van der Waals surface area (Å²) in [6.45, 7) is 7.97. The van der Waals surface area contributed by atoms with E-state index in [2.05, 4.69) is 58.0 Å². The molecule has 0 saturated heterocycles. The van der Waals surface area contributed by atoms with Crippen molar-refractivity contribution < 1.29 is 9.53 Å². The van der Waals surface area contributed by atoms with Crippen molar-refractivity contribution in [2.45, 2.75) is 37.5 Å². The number of fused-ring (bicyclic) bond motifs is 1. The Morgan fingerprint density at radius 2 is 1.87 bits per heavy atom. The third kappa shape index (κ3) is 4.21. The van der Waals surface area contributed by atoms with Crippen molar-refractivity contribution in [3.8, 4) is 16.8 Å². The van der Waals surface area contributed by atoms with E-state index in [-0.39, 0.29) is 5.97 Å². The van der Waals surface area contributed by atoms with Gasteiger partial charge in [-0.15, -0.1) is 0 Å². The van der Waals surface area contributed by atoms with Crippen molar-refractivity contribution in [3.63, 3.8) is 0 Å². The molecule has 0 aliphatic rings. The zero-order chi connectivity index (χ0) is 22.0. The van der Waals surface area contributed by atoms with Gasteiger partial charge in [0.2, 0.25) is 0 Å². The fourth-order valence-corrected chi connectivity index (χ4v) is 4.54. The van der Waals surface area contributed by atoms with Crippen LogP contribution in [0.4, 0.5) is 0 Å². The highest BCUT2D eigenvalue weighted by Gasteiger charge is 2.33. The number of carbonyl (C=O) groups is 1. The molecule has 0 amide bonds. The number of hydrogen-bond donors (Lipinski definition) is 0. The highest BCUT2D eigenvalue weighted by molar-refractivity contribution is 8.01. The van der Waals surface area contributed by atoms with Crippen molar-refractivity contribution in [2.24, 2.45) is 0 Å². The summed E-state index contributed by atoms with van der Waals surface area (Å²) in [5.41, 5.74) is 5.12. The molecule has 2 aromatic carbocycles. The number of thioether (sulfide) groups is 1. The lowest BCUT2D eigenvalue weighted by Crippen LogP contribution is -2.30. The molecule has 0 bridgehead atoms. The summed E-state index contributed by atoms with van der Waals surface area (Å²) < 4.78 is 6.60. The van der Waals surface area contributed by atoms with Crippen LogP contribution in [0.3, 0.4) is 0 Å². The third-order valence-electron chi connectivity index (χ3n) is 5.03. The molecule has 0 aliphatic heterocycles. The first-order chi connectivity index (χ1) is 14.9. The number of aryl methyl sites for hydroxylation is 1. The minimum atomic E-state index is -0.781. The van der Waals surface area contributed by atoms with Crippen LogP contribution >= 0.6 is 11.8 Å². The van der Waals surface area contributed by atoms with Crippen molar-refractivity contribution in [2.75, 3.05) is 6.61 Å². The van der Waals surface area contributed by atoms with E-state index in [0.29, 0.717) is 6.61 Å². The minimum absolute atomic E-state index is 0.258. The Balaban J connectivity index is 1.94. The Kier molecular flexibility index (Phi) is 5.83. The zero-order valence-corrected chi connectivity index (χ0v) is 18.9. The van der Waals surface area contributed by atoms with Crippen molar-refractivity contribution in [1.29, 1.82) is 0 Å². The Hall–Kier alpha value is -3.12.